The van der Waals surface area contributed by atoms with Crippen LogP contribution in [-0.4, -0.2) is 46.9 Å². The maximum absolute atomic E-state index is 11.8. The third-order valence-corrected chi connectivity index (χ3v) is 6.33. The van der Waals surface area contributed by atoms with Gasteiger partial charge in [-0.25, -0.2) is 0 Å². The largest absolute Gasteiger partial charge is 0.358 e. The second-order valence-electron chi connectivity index (χ2n) is 8.00. The molecule has 0 unspecified atom stereocenters. The zero-order valence-corrected chi connectivity index (χ0v) is 19.5. The molecule has 0 aromatic heterocycles. The third-order valence-electron chi connectivity index (χ3n) is 5.73. The van der Waals surface area contributed by atoms with E-state index in [4.69, 9.17) is 18.4 Å². The molecule has 7 heteroatoms. The lowest BCUT2D eigenvalue weighted by atomic mass is 9.80. The monoisotopic (exact) mass is 468 g/mol. The number of benzene rings is 3. The van der Waals surface area contributed by atoms with Crippen molar-refractivity contribution in [2.75, 3.05) is 20.0 Å². The van der Waals surface area contributed by atoms with Crippen molar-refractivity contribution in [2.45, 2.75) is 30.5 Å². The first-order valence-corrected chi connectivity index (χ1v) is 12.6. The molecule has 1 heterocycles. The predicted molar refractivity (Wildman–Crippen MR) is 125 cm³/mol. The van der Waals surface area contributed by atoms with Crippen molar-refractivity contribution in [2.24, 2.45) is 0 Å². The van der Waals surface area contributed by atoms with Gasteiger partial charge in [-0.3, -0.25) is 4.18 Å². The van der Waals surface area contributed by atoms with Gasteiger partial charge in [-0.05, 0) is 16.7 Å². The van der Waals surface area contributed by atoms with Gasteiger partial charge in [-0.2, -0.15) is 8.42 Å². The summed E-state index contributed by atoms with van der Waals surface area (Å²) in [5.41, 5.74) is 1.91. The van der Waals surface area contributed by atoms with E-state index < -0.39 is 34.2 Å². The molecule has 0 saturated carbocycles. The molecule has 0 N–H and O–H groups in total. The van der Waals surface area contributed by atoms with Crippen molar-refractivity contribution in [1.29, 1.82) is 0 Å². The Morgan fingerprint density at radius 2 is 1.30 bits per heavy atom. The van der Waals surface area contributed by atoms with Crippen LogP contribution in [0.25, 0.3) is 0 Å². The molecule has 0 aliphatic carbocycles. The summed E-state index contributed by atoms with van der Waals surface area (Å²) in [7, 11) is -2.15. The van der Waals surface area contributed by atoms with Crippen LogP contribution >= 0.6 is 0 Å². The molecule has 1 saturated heterocycles. The summed E-state index contributed by atoms with van der Waals surface area (Å²) >= 11 is 0. The lowest BCUT2D eigenvalue weighted by molar-refractivity contribution is -0.143. The van der Waals surface area contributed by atoms with Crippen molar-refractivity contribution in [3.63, 3.8) is 0 Å². The van der Waals surface area contributed by atoms with Crippen molar-refractivity contribution in [1.82, 2.24) is 0 Å². The Morgan fingerprint density at radius 1 is 0.848 bits per heavy atom. The van der Waals surface area contributed by atoms with Gasteiger partial charge in [0.15, 0.2) is 6.29 Å². The summed E-state index contributed by atoms with van der Waals surface area (Å²) in [6.07, 6.45) is -0.560. The second-order valence-corrected chi connectivity index (χ2v) is 9.61. The van der Waals surface area contributed by atoms with Crippen LogP contribution in [0.2, 0.25) is 0 Å². The van der Waals surface area contributed by atoms with E-state index in [0.29, 0.717) is 6.42 Å². The van der Waals surface area contributed by atoms with Crippen LogP contribution in [-0.2, 0) is 34.1 Å². The molecule has 174 valence electrons. The van der Waals surface area contributed by atoms with Crippen molar-refractivity contribution < 1.29 is 26.8 Å². The predicted octanol–water partition coefficient (Wildman–Crippen LogP) is 4.10. The molecule has 1 aliphatic rings. The van der Waals surface area contributed by atoms with E-state index in [2.05, 4.69) is 0 Å². The minimum Gasteiger partial charge on any atom is -0.358 e. The molecule has 0 amide bonds. The van der Waals surface area contributed by atoms with Crippen LogP contribution in [0.4, 0.5) is 0 Å². The van der Waals surface area contributed by atoms with Gasteiger partial charge in [0.1, 0.15) is 17.8 Å². The molecule has 1 fully saturated rings. The topological polar surface area (TPSA) is 71.1 Å². The lowest BCUT2D eigenvalue weighted by Crippen LogP contribution is -2.39. The molecule has 0 radical (unpaired) electrons. The van der Waals surface area contributed by atoms with Crippen molar-refractivity contribution in [3.8, 4) is 0 Å². The summed E-state index contributed by atoms with van der Waals surface area (Å²) < 4.78 is 47.0. The van der Waals surface area contributed by atoms with Gasteiger partial charge in [0.05, 0.1) is 12.9 Å². The molecular weight excluding hydrogens is 440 g/mol. The highest BCUT2D eigenvalue weighted by molar-refractivity contribution is 7.86. The van der Waals surface area contributed by atoms with Crippen LogP contribution < -0.4 is 0 Å². The van der Waals surface area contributed by atoms with Gasteiger partial charge in [-0.1, -0.05) is 91.0 Å². The summed E-state index contributed by atoms with van der Waals surface area (Å²) in [4.78, 5) is 0. The Hall–Kier alpha value is -2.55. The van der Waals surface area contributed by atoms with Crippen LogP contribution in [0, 0.1) is 0 Å². The molecule has 0 bridgehead atoms. The van der Waals surface area contributed by atoms with Gasteiger partial charge < -0.3 is 14.2 Å². The fraction of sp³-hybridized carbons (Fsp3) is 0.308. The Balaban J connectivity index is 1.76. The molecule has 6 nitrogen and oxygen atoms in total. The first kappa shape index (κ1) is 23.6. The highest BCUT2D eigenvalue weighted by atomic mass is 32.2. The van der Waals surface area contributed by atoms with Crippen molar-refractivity contribution in [3.05, 3.63) is 108 Å². The first-order chi connectivity index (χ1) is 15.9. The van der Waals surface area contributed by atoms with Crippen LogP contribution in [0.1, 0.15) is 23.1 Å². The van der Waals surface area contributed by atoms with Gasteiger partial charge in [0, 0.05) is 13.5 Å². The number of methoxy groups -OCH3 is 1. The van der Waals surface area contributed by atoms with E-state index in [-0.39, 0.29) is 6.61 Å². The van der Waals surface area contributed by atoms with Crippen LogP contribution in [0.15, 0.2) is 91.0 Å². The molecule has 4 rings (SSSR count). The summed E-state index contributed by atoms with van der Waals surface area (Å²) in [5, 5.41) is 0. The number of rotatable bonds is 9. The average molecular weight is 469 g/mol. The molecule has 1 aliphatic heterocycles. The van der Waals surface area contributed by atoms with Crippen LogP contribution in [0.5, 0.6) is 0 Å². The van der Waals surface area contributed by atoms with E-state index in [1.54, 1.807) is 0 Å². The highest BCUT2D eigenvalue weighted by Crippen LogP contribution is 2.41. The minimum atomic E-state index is -3.67. The zero-order valence-electron chi connectivity index (χ0n) is 18.7. The first-order valence-electron chi connectivity index (χ1n) is 10.8. The van der Waals surface area contributed by atoms with E-state index in [0.717, 1.165) is 22.9 Å². The molecule has 3 atom stereocenters. The fourth-order valence-electron chi connectivity index (χ4n) is 4.28. The number of hydrogen-bond donors (Lipinski definition) is 0. The maximum Gasteiger partial charge on any atom is 0.264 e. The molecule has 33 heavy (non-hydrogen) atoms. The zero-order chi connectivity index (χ0) is 23.3. The quantitative estimate of drug-likeness (QED) is 0.348. The van der Waals surface area contributed by atoms with Gasteiger partial charge in [-0.15, -0.1) is 0 Å². The van der Waals surface area contributed by atoms with Gasteiger partial charge >= 0.3 is 0 Å². The fourth-order valence-corrected chi connectivity index (χ4v) is 4.93. The van der Waals surface area contributed by atoms with E-state index >= 15 is 0 Å². The molecule has 3 aromatic carbocycles. The average Bonchev–Trinajstić information content (AvgIpc) is 3.22. The summed E-state index contributed by atoms with van der Waals surface area (Å²) in [5.74, 6) is 0. The van der Waals surface area contributed by atoms with Crippen LogP contribution in [0.3, 0.4) is 0 Å². The van der Waals surface area contributed by atoms with Gasteiger partial charge in [0.25, 0.3) is 10.1 Å². The summed E-state index contributed by atoms with van der Waals surface area (Å²) in [6, 6.07) is 29.9. The Morgan fingerprint density at radius 3 is 1.70 bits per heavy atom. The third kappa shape index (κ3) is 5.34. The molecule has 0 spiro atoms. The Kier molecular flexibility index (Phi) is 7.26. The smallest absolute Gasteiger partial charge is 0.264 e. The van der Waals surface area contributed by atoms with E-state index in [9.17, 15) is 8.42 Å². The second kappa shape index (κ2) is 10.2. The molecular formula is C26H28O6S. The summed E-state index contributed by atoms with van der Waals surface area (Å²) in [6.45, 7) is 0.0960. The number of ether oxygens (including phenoxy) is 3. The standard InChI is InChI=1S/C26H28O6S/c1-29-25-18-23(32-33(2,27)28)24(31-25)19-30-26(20-12-6-3-7-13-20,21-14-8-4-9-15-21)22-16-10-5-11-17-22/h3-17,23-25H,18-19H2,1-2H3/t23-,24-,25-/m1/s1. The normalized spacial score (nSPS) is 21.2. The highest BCUT2D eigenvalue weighted by Gasteiger charge is 2.43. The maximum atomic E-state index is 11.8. The number of hydrogen-bond acceptors (Lipinski definition) is 6. The Labute approximate surface area is 195 Å². The van der Waals surface area contributed by atoms with Crippen molar-refractivity contribution >= 4 is 10.1 Å². The van der Waals surface area contributed by atoms with E-state index in [1.165, 1.54) is 7.11 Å². The molecule has 3 aromatic rings. The SMILES string of the molecule is CO[C@H]1C[C@@H](OS(C)(=O)=O)[C@@H](COC(c2ccccc2)(c2ccccc2)c2ccccc2)O1. The lowest BCUT2D eigenvalue weighted by Gasteiger charge is -2.37. The minimum absolute atomic E-state index is 0.0960. The Bertz CT molecular complexity index is 1020. The van der Waals surface area contributed by atoms with Gasteiger partial charge in [0.2, 0.25) is 0 Å². The van der Waals surface area contributed by atoms with E-state index in [1.807, 2.05) is 91.0 Å².